The molecule has 4 nitrogen and oxygen atoms in total. The first-order chi connectivity index (χ1) is 16.4. The molecule has 1 N–H and O–H groups in total. The van der Waals surface area contributed by atoms with Crippen LogP contribution in [-0.4, -0.2) is 29.3 Å². The lowest BCUT2D eigenvalue weighted by Crippen LogP contribution is -2.51. The van der Waals surface area contributed by atoms with Gasteiger partial charge < -0.3 is 10.2 Å². The zero-order valence-corrected chi connectivity index (χ0v) is 21.2. The van der Waals surface area contributed by atoms with E-state index >= 15 is 0 Å². The van der Waals surface area contributed by atoms with Crippen LogP contribution in [0.15, 0.2) is 72.8 Å². The molecule has 0 saturated heterocycles. The predicted octanol–water partition coefficient (Wildman–Crippen LogP) is 6.36. The maximum atomic E-state index is 13.7. The van der Waals surface area contributed by atoms with Gasteiger partial charge >= 0.3 is 0 Å². The standard InChI is InChI=1S/C27H27Cl3N2O2/c1-2-14-31-27(34)25(15-19-8-4-3-5-9-19)32(18-21-10-6-7-11-23(21)29)26(33)16-20-12-13-22(28)17-24(20)30/h3-13,17,25H,2,14-16,18H2,1H3,(H,31,34). The minimum Gasteiger partial charge on any atom is -0.354 e. The molecule has 34 heavy (non-hydrogen) atoms. The molecule has 178 valence electrons. The third-order valence-electron chi connectivity index (χ3n) is 5.48. The van der Waals surface area contributed by atoms with Crippen molar-refractivity contribution in [2.24, 2.45) is 0 Å². The van der Waals surface area contributed by atoms with Crippen molar-refractivity contribution in [2.75, 3.05) is 6.54 Å². The van der Waals surface area contributed by atoms with Crippen LogP contribution in [-0.2, 0) is 29.0 Å². The summed E-state index contributed by atoms with van der Waals surface area (Å²) in [6.07, 6.45) is 1.20. The highest BCUT2D eigenvalue weighted by molar-refractivity contribution is 6.35. The monoisotopic (exact) mass is 516 g/mol. The number of nitrogens with zero attached hydrogens (tertiary/aromatic N) is 1. The van der Waals surface area contributed by atoms with Crippen LogP contribution < -0.4 is 5.32 Å². The molecule has 0 saturated carbocycles. The Morgan fingerprint density at radius 3 is 2.26 bits per heavy atom. The topological polar surface area (TPSA) is 49.4 Å². The molecule has 0 heterocycles. The summed E-state index contributed by atoms with van der Waals surface area (Å²) in [6.45, 7) is 2.71. The van der Waals surface area contributed by atoms with Crippen LogP contribution >= 0.6 is 34.8 Å². The van der Waals surface area contributed by atoms with E-state index in [1.807, 2.05) is 55.5 Å². The molecule has 0 radical (unpaired) electrons. The average molecular weight is 518 g/mol. The van der Waals surface area contributed by atoms with Crippen molar-refractivity contribution in [3.8, 4) is 0 Å². The Morgan fingerprint density at radius 2 is 1.59 bits per heavy atom. The number of benzene rings is 3. The van der Waals surface area contributed by atoms with Gasteiger partial charge in [0.1, 0.15) is 6.04 Å². The van der Waals surface area contributed by atoms with Crippen LogP contribution in [0.3, 0.4) is 0 Å². The number of hydrogen-bond acceptors (Lipinski definition) is 2. The summed E-state index contributed by atoms with van der Waals surface area (Å²) in [6, 6.07) is 21.3. The Morgan fingerprint density at radius 1 is 0.882 bits per heavy atom. The number of hydrogen-bond donors (Lipinski definition) is 1. The van der Waals surface area contributed by atoms with Crippen LogP contribution in [0.25, 0.3) is 0 Å². The van der Waals surface area contributed by atoms with E-state index in [9.17, 15) is 9.59 Å². The zero-order chi connectivity index (χ0) is 24.5. The number of halogens is 3. The van der Waals surface area contributed by atoms with Gasteiger partial charge in [-0.05, 0) is 41.3 Å². The highest BCUT2D eigenvalue weighted by Crippen LogP contribution is 2.25. The SMILES string of the molecule is CCCNC(=O)C(Cc1ccccc1)N(Cc1ccccc1Cl)C(=O)Cc1ccc(Cl)cc1Cl. The number of amides is 2. The zero-order valence-electron chi connectivity index (χ0n) is 18.9. The number of nitrogens with one attached hydrogen (secondary N) is 1. The second-order valence-electron chi connectivity index (χ2n) is 8.02. The summed E-state index contributed by atoms with van der Waals surface area (Å²) < 4.78 is 0. The van der Waals surface area contributed by atoms with Crippen LogP contribution in [0, 0.1) is 0 Å². The molecule has 7 heteroatoms. The van der Waals surface area contributed by atoms with Crippen LogP contribution in [0.1, 0.15) is 30.0 Å². The van der Waals surface area contributed by atoms with E-state index in [0.29, 0.717) is 33.6 Å². The second-order valence-corrected chi connectivity index (χ2v) is 9.27. The van der Waals surface area contributed by atoms with E-state index < -0.39 is 6.04 Å². The molecule has 2 amide bonds. The molecule has 0 aromatic heterocycles. The highest BCUT2D eigenvalue weighted by Gasteiger charge is 2.31. The predicted molar refractivity (Wildman–Crippen MR) is 139 cm³/mol. The minimum absolute atomic E-state index is 0.0345. The first-order valence-corrected chi connectivity index (χ1v) is 12.3. The summed E-state index contributed by atoms with van der Waals surface area (Å²) >= 11 is 18.8. The van der Waals surface area contributed by atoms with Crippen molar-refractivity contribution in [1.29, 1.82) is 0 Å². The van der Waals surface area contributed by atoms with E-state index in [0.717, 1.165) is 17.5 Å². The van der Waals surface area contributed by atoms with Gasteiger partial charge in [0.05, 0.1) is 6.42 Å². The number of carbonyl (C=O) groups excluding carboxylic acids is 2. The molecule has 0 bridgehead atoms. The van der Waals surface area contributed by atoms with E-state index in [2.05, 4.69) is 5.32 Å². The van der Waals surface area contributed by atoms with Crippen molar-refractivity contribution >= 4 is 46.6 Å². The van der Waals surface area contributed by atoms with Gasteiger partial charge in [0, 0.05) is 34.6 Å². The fraction of sp³-hybridized carbons (Fsp3) is 0.259. The van der Waals surface area contributed by atoms with Crippen molar-refractivity contribution in [3.63, 3.8) is 0 Å². The lowest BCUT2D eigenvalue weighted by molar-refractivity contribution is -0.140. The Kier molecular flexibility index (Phi) is 9.82. The molecular weight excluding hydrogens is 491 g/mol. The molecule has 0 aliphatic rings. The fourth-order valence-corrected chi connectivity index (χ4v) is 4.33. The largest absolute Gasteiger partial charge is 0.354 e. The van der Waals surface area contributed by atoms with Gasteiger partial charge in [-0.15, -0.1) is 0 Å². The molecule has 3 aromatic carbocycles. The maximum Gasteiger partial charge on any atom is 0.243 e. The lowest BCUT2D eigenvalue weighted by Gasteiger charge is -2.32. The molecule has 3 aromatic rings. The van der Waals surface area contributed by atoms with Crippen LogP contribution in [0.5, 0.6) is 0 Å². The third kappa shape index (κ3) is 7.23. The van der Waals surface area contributed by atoms with E-state index in [1.165, 1.54) is 0 Å². The number of carbonyl (C=O) groups is 2. The molecule has 3 rings (SSSR count). The molecule has 0 aliphatic carbocycles. The molecule has 1 unspecified atom stereocenters. The normalized spacial score (nSPS) is 11.6. The van der Waals surface area contributed by atoms with E-state index in [4.69, 9.17) is 34.8 Å². The second kappa shape index (κ2) is 12.8. The molecule has 0 fully saturated rings. The van der Waals surface area contributed by atoms with Gasteiger partial charge in [-0.1, -0.05) is 96.3 Å². The Balaban J connectivity index is 1.98. The minimum atomic E-state index is -0.719. The van der Waals surface area contributed by atoms with Gasteiger partial charge in [-0.25, -0.2) is 0 Å². The van der Waals surface area contributed by atoms with Gasteiger partial charge in [0.25, 0.3) is 0 Å². The van der Waals surface area contributed by atoms with Crippen molar-refractivity contribution in [3.05, 3.63) is 105 Å². The van der Waals surface area contributed by atoms with Gasteiger partial charge in [0.2, 0.25) is 11.8 Å². The molecule has 0 aliphatic heterocycles. The first-order valence-electron chi connectivity index (χ1n) is 11.2. The smallest absolute Gasteiger partial charge is 0.243 e. The van der Waals surface area contributed by atoms with Gasteiger partial charge in [-0.2, -0.15) is 0 Å². The maximum absolute atomic E-state index is 13.7. The quantitative estimate of drug-likeness (QED) is 0.340. The lowest BCUT2D eigenvalue weighted by atomic mass is 10.0. The van der Waals surface area contributed by atoms with E-state index in [-0.39, 0.29) is 24.8 Å². The van der Waals surface area contributed by atoms with Crippen molar-refractivity contribution in [1.82, 2.24) is 10.2 Å². The summed E-state index contributed by atoms with van der Waals surface area (Å²) in [4.78, 5) is 28.6. The van der Waals surface area contributed by atoms with Crippen LogP contribution in [0.2, 0.25) is 15.1 Å². The summed E-state index contributed by atoms with van der Waals surface area (Å²) in [5, 5.41) is 4.41. The molecular formula is C27H27Cl3N2O2. The highest BCUT2D eigenvalue weighted by atomic mass is 35.5. The molecule has 0 spiro atoms. The van der Waals surface area contributed by atoms with Crippen molar-refractivity contribution in [2.45, 2.75) is 38.8 Å². The summed E-state index contributed by atoms with van der Waals surface area (Å²) in [5.74, 6) is -0.426. The summed E-state index contributed by atoms with van der Waals surface area (Å²) in [5.41, 5.74) is 2.37. The van der Waals surface area contributed by atoms with E-state index in [1.54, 1.807) is 29.2 Å². The fourth-order valence-electron chi connectivity index (χ4n) is 3.66. The first kappa shape index (κ1) is 26.1. The Labute approximate surface area is 215 Å². The van der Waals surface area contributed by atoms with Crippen LogP contribution in [0.4, 0.5) is 0 Å². The summed E-state index contributed by atoms with van der Waals surface area (Å²) in [7, 11) is 0. The van der Waals surface area contributed by atoms with Gasteiger partial charge in [0.15, 0.2) is 0 Å². The number of rotatable bonds is 10. The molecule has 1 atom stereocenters. The van der Waals surface area contributed by atoms with Gasteiger partial charge in [-0.3, -0.25) is 9.59 Å². The average Bonchev–Trinajstić information content (AvgIpc) is 2.83. The Hall–Kier alpha value is -2.53. The van der Waals surface area contributed by atoms with Crippen molar-refractivity contribution < 1.29 is 9.59 Å². The third-order valence-corrected chi connectivity index (χ3v) is 6.43. The Bertz CT molecular complexity index is 1120.